The van der Waals surface area contributed by atoms with Crippen LogP contribution >= 0.6 is 11.5 Å². The van der Waals surface area contributed by atoms with E-state index in [9.17, 15) is 9.59 Å². The minimum absolute atomic E-state index is 0.0395. The summed E-state index contributed by atoms with van der Waals surface area (Å²) in [6, 6.07) is 0. The molecule has 0 spiro atoms. The van der Waals surface area contributed by atoms with Crippen molar-refractivity contribution in [1.29, 1.82) is 0 Å². The molecule has 2 amide bonds. The average Bonchev–Trinajstić information content (AvgIpc) is 3.11. The molecule has 0 unspecified atom stereocenters. The fourth-order valence-corrected chi connectivity index (χ4v) is 5.21. The molecule has 2 rings (SSSR count). The van der Waals surface area contributed by atoms with E-state index in [1.54, 1.807) is 30.5 Å². The Labute approximate surface area is 180 Å². The van der Waals surface area contributed by atoms with Gasteiger partial charge >= 0.3 is 0 Å². The molecular formula is C23H39N3O2S. The molecule has 29 heavy (non-hydrogen) atoms. The molecule has 2 atom stereocenters. The maximum atomic E-state index is 13.5. The first-order valence-corrected chi connectivity index (χ1v) is 11.6. The molecule has 0 aliphatic heterocycles. The van der Waals surface area contributed by atoms with Gasteiger partial charge in [0.05, 0.1) is 5.41 Å². The Hall–Kier alpha value is -1.43. The first-order valence-electron chi connectivity index (χ1n) is 10.8. The molecule has 0 radical (unpaired) electrons. The summed E-state index contributed by atoms with van der Waals surface area (Å²) < 4.78 is 3.03. The van der Waals surface area contributed by atoms with Gasteiger partial charge in [0.15, 0.2) is 0 Å². The number of amides is 2. The van der Waals surface area contributed by atoms with Crippen LogP contribution in [0.25, 0.3) is 0 Å². The molecule has 5 nitrogen and oxygen atoms in total. The largest absolute Gasteiger partial charge is 0.349 e. The Bertz CT molecular complexity index is 826. The summed E-state index contributed by atoms with van der Waals surface area (Å²) in [4.78, 5) is 32.5. The van der Waals surface area contributed by atoms with Crippen molar-refractivity contribution >= 4 is 23.3 Å². The van der Waals surface area contributed by atoms with E-state index in [-0.39, 0.29) is 23.3 Å². The van der Waals surface area contributed by atoms with E-state index < -0.39 is 10.8 Å². The lowest BCUT2D eigenvalue weighted by Gasteiger charge is -2.39. The van der Waals surface area contributed by atoms with Crippen LogP contribution in [0.3, 0.4) is 0 Å². The SMILES string of the molecule is CCCCc1cn(C(C)(C)C)sc1=NC(=O)[C@@]1(C)CC[C@@H](C(=O)N(C)C)C1(C)C. The molecule has 6 heteroatoms. The minimum atomic E-state index is -0.637. The zero-order valence-corrected chi connectivity index (χ0v) is 20.6. The number of nitrogens with zero attached hydrogens (tertiary/aromatic N) is 3. The smallest absolute Gasteiger partial charge is 0.253 e. The number of hydrogen-bond donors (Lipinski definition) is 0. The lowest BCUT2D eigenvalue weighted by Crippen LogP contribution is -2.45. The van der Waals surface area contributed by atoms with Crippen molar-refractivity contribution in [2.24, 2.45) is 21.7 Å². The summed E-state index contributed by atoms with van der Waals surface area (Å²) in [5.41, 5.74) is 0.0420. The Balaban J connectivity index is 2.45. The first-order chi connectivity index (χ1) is 13.3. The van der Waals surface area contributed by atoms with Crippen LogP contribution < -0.4 is 4.67 Å². The summed E-state index contributed by atoms with van der Waals surface area (Å²) in [7, 11) is 3.58. The Morgan fingerprint density at radius 2 is 1.90 bits per heavy atom. The summed E-state index contributed by atoms with van der Waals surface area (Å²) in [6.07, 6.45) is 6.72. The summed E-state index contributed by atoms with van der Waals surface area (Å²) >= 11 is 1.57. The van der Waals surface area contributed by atoms with E-state index in [1.165, 1.54) is 0 Å². The summed E-state index contributed by atoms with van der Waals surface area (Å²) in [5, 5.41) is 0. The fourth-order valence-electron chi connectivity index (χ4n) is 4.18. The molecule has 0 N–H and O–H groups in total. The minimum Gasteiger partial charge on any atom is -0.349 e. The maximum absolute atomic E-state index is 13.5. The Morgan fingerprint density at radius 1 is 1.28 bits per heavy atom. The zero-order chi connectivity index (χ0) is 22.2. The topological polar surface area (TPSA) is 54.7 Å². The molecule has 1 aliphatic carbocycles. The van der Waals surface area contributed by atoms with E-state index >= 15 is 0 Å². The van der Waals surface area contributed by atoms with E-state index in [0.29, 0.717) is 6.42 Å². The van der Waals surface area contributed by atoms with Crippen molar-refractivity contribution in [3.8, 4) is 0 Å². The third-order valence-corrected chi connectivity index (χ3v) is 8.21. The third-order valence-electron chi connectivity index (χ3n) is 6.83. The lowest BCUT2D eigenvalue weighted by atomic mass is 9.65. The van der Waals surface area contributed by atoms with Crippen LogP contribution in [0.1, 0.15) is 79.7 Å². The number of aromatic nitrogens is 1. The first kappa shape index (κ1) is 23.8. The fraction of sp³-hybridized carbons (Fsp3) is 0.783. The molecule has 1 aliphatic rings. The van der Waals surface area contributed by atoms with Gasteiger partial charge in [0.1, 0.15) is 4.67 Å². The van der Waals surface area contributed by atoms with Crippen molar-refractivity contribution in [1.82, 2.24) is 8.86 Å². The van der Waals surface area contributed by atoms with Crippen LogP contribution in [-0.4, -0.2) is 34.8 Å². The quantitative estimate of drug-likeness (QED) is 0.697. The van der Waals surface area contributed by atoms with E-state index in [0.717, 1.165) is 35.9 Å². The maximum Gasteiger partial charge on any atom is 0.253 e. The van der Waals surface area contributed by atoms with Crippen LogP contribution in [-0.2, 0) is 21.5 Å². The van der Waals surface area contributed by atoms with Gasteiger partial charge in [-0.25, -0.2) is 4.99 Å². The van der Waals surface area contributed by atoms with Crippen molar-refractivity contribution in [3.05, 3.63) is 16.4 Å². The lowest BCUT2D eigenvalue weighted by molar-refractivity contribution is -0.140. The zero-order valence-electron chi connectivity index (χ0n) is 19.8. The van der Waals surface area contributed by atoms with E-state index in [2.05, 4.69) is 56.7 Å². The van der Waals surface area contributed by atoms with Crippen LogP contribution in [0.15, 0.2) is 11.2 Å². The molecule has 0 aromatic carbocycles. The Morgan fingerprint density at radius 3 is 2.41 bits per heavy atom. The van der Waals surface area contributed by atoms with Gasteiger partial charge in [-0.2, -0.15) is 0 Å². The predicted molar refractivity (Wildman–Crippen MR) is 120 cm³/mol. The van der Waals surface area contributed by atoms with Crippen LogP contribution in [0.4, 0.5) is 0 Å². The van der Waals surface area contributed by atoms with Crippen LogP contribution in [0, 0.1) is 16.7 Å². The highest BCUT2D eigenvalue weighted by Gasteiger charge is 2.58. The highest BCUT2D eigenvalue weighted by atomic mass is 32.1. The van der Waals surface area contributed by atoms with Gasteiger partial charge in [-0.05, 0) is 63.4 Å². The van der Waals surface area contributed by atoms with Crippen molar-refractivity contribution in [3.63, 3.8) is 0 Å². The average molecular weight is 422 g/mol. The second-order valence-electron chi connectivity index (χ2n) is 10.4. The molecule has 1 heterocycles. The van der Waals surface area contributed by atoms with E-state index in [1.807, 2.05) is 6.92 Å². The van der Waals surface area contributed by atoms with Crippen LogP contribution in [0.2, 0.25) is 0 Å². The van der Waals surface area contributed by atoms with Crippen LogP contribution in [0.5, 0.6) is 0 Å². The van der Waals surface area contributed by atoms with Gasteiger partial charge < -0.3 is 4.90 Å². The standard InChI is InChI=1S/C23H39N3O2S/c1-10-11-12-16-15-26(21(2,3)4)29-18(16)24-20(28)23(7)14-13-17(22(23,5)6)19(27)25(8)9/h15,17H,10-14H2,1-9H3/t17-,23+/m0/s1. The van der Waals surface area contributed by atoms with Crippen molar-refractivity contribution in [2.45, 2.75) is 86.1 Å². The molecule has 1 saturated carbocycles. The normalized spacial score (nSPS) is 24.7. The van der Waals surface area contributed by atoms with E-state index in [4.69, 9.17) is 0 Å². The van der Waals surface area contributed by atoms with Crippen molar-refractivity contribution < 1.29 is 9.59 Å². The van der Waals surface area contributed by atoms with Gasteiger partial charge in [-0.1, -0.05) is 34.1 Å². The molecule has 1 aromatic rings. The predicted octanol–water partition coefficient (Wildman–Crippen LogP) is 4.61. The Kier molecular flexibility index (Phi) is 6.88. The highest BCUT2D eigenvalue weighted by Crippen LogP contribution is 2.56. The molecule has 0 saturated heterocycles. The summed E-state index contributed by atoms with van der Waals surface area (Å²) in [6.45, 7) is 14.8. The second-order valence-corrected chi connectivity index (χ2v) is 11.4. The molecular weight excluding hydrogens is 382 g/mol. The summed E-state index contributed by atoms with van der Waals surface area (Å²) in [5.74, 6) is -0.127. The number of rotatable bonds is 5. The van der Waals surface area contributed by atoms with Gasteiger partial charge in [0, 0.05) is 37.3 Å². The molecule has 164 valence electrons. The highest BCUT2D eigenvalue weighted by molar-refractivity contribution is 7.04. The number of unbranched alkanes of at least 4 members (excludes halogenated alkanes) is 1. The van der Waals surface area contributed by atoms with Crippen molar-refractivity contribution in [2.75, 3.05) is 14.1 Å². The number of carbonyl (C=O) groups excluding carboxylic acids is 2. The third kappa shape index (κ3) is 4.52. The molecule has 0 bridgehead atoms. The molecule has 1 aromatic heterocycles. The van der Waals surface area contributed by atoms with Gasteiger partial charge in [0.2, 0.25) is 5.91 Å². The number of carbonyl (C=O) groups is 2. The number of aryl methyl sites for hydroxylation is 1. The second kappa shape index (κ2) is 8.37. The van der Waals surface area contributed by atoms with Gasteiger partial charge in [-0.3, -0.25) is 13.5 Å². The van der Waals surface area contributed by atoms with Gasteiger partial charge in [-0.15, -0.1) is 0 Å². The van der Waals surface area contributed by atoms with Gasteiger partial charge in [0.25, 0.3) is 5.91 Å². The molecule has 1 fully saturated rings. The number of hydrogen-bond acceptors (Lipinski definition) is 3. The monoisotopic (exact) mass is 421 g/mol.